The number of likely N-dealkylation sites (N-methyl/N-ethyl adjacent to an activating group) is 1. The number of ether oxygens (including phenoxy) is 1. The summed E-state index contributed by atoms with van der Waals surface area (Å²) in [7, 11) is 1.97. The van der Waals surface area contributed by atoms with E-state index in [2.05, 4.69) is 41.2 Å². The minimum Gasteiger partial charge on any atom is -0.410 e. The Kier molecular flexibility index (Phi) is 5.43. The molecule has 5 nitrogen and oxygen atoms in total. The van der Waals surface area contributed by atoms with Gasteiger partial charge < -0.3 is 15.0 Å². The Morgan fingerprint density at radius 1 is 1.09 bits per heavy atom. The van der Waals surface area contributed by atoms with Gasteiger partial charge in [-0.15, -0.1) is 0 Å². The number of rotatable bonds is 2. The van der Waals surface area contributed by atoms with Crippen LogP contribution in [-0.4, -0.2) is 36.0 Å². The number of benzene rings is 1. The van der Waals surface area contributed by atoms with Crippen molar-refractivity contribution in [3.8, 4) is 5.75 Å². The smallest absolute Gasteiger partial charge is 0.410 e. The Balaban J connectivity index is 1.31. The van der Waals surface area contributed by atoms with Crippen LogP contribution in [0.25, 0.3) is 0 Å². The van der Waals surface area contributed by atoms with Gasteiger partial charge in [-0.25, -0.2) is 4.79 Å². The molecule has 0 bridgehead atoms. The molecule has 1 aromatic rings. The minimum atomic E-state index is -0.354. The topological polar surface area (TPSA) is 58.6 Å². The summed E-state index contributed by atoms with van der Waals surface area (Å²) in [5.41, 5.74) is 0.155. The first-order valence-electron chi connectivity index (χ1n) is 11.9. The molecule has 2 amide bonds. The SMILES string of the molecule is CN1C(=O)C=C[C@]2(C)[C@H]3CC[C@]4(C)[C@@H](NC(=O)Oc5ccc(Br)cc5)CC[C@H]4[C@@H]3CC[C@@H]12. The van der Waals surface area contributed by atoms with Crippen LogP contribution >= 0.6 is 15.9 Å². The Morgan fingerprint density at radius 3 is 2.59 bits per heavy atom. The van der Waals surface area contributed by atoms with Crippen LogP contribution in [0.5, 0.6) is 5.75 Å². The van der Waals surface area contributed by atoms with E-state index in [0.717, 1.165) is 36.6 Å². The van der Waals surface area contributed by atoms with Gasteiger partial charge in [-0.3, -0.25) is 4.79 Å². The highest BCUT2D eigenvalue weighted by molar-refractivity contribution is 9.10. The van der Waals surface area contributed by atoms with Crippen molar-refractivity contribution in [2.75, 3.05) is 7.05 Å². The molecule has 0 unspecified atom stereocenters. The van der Waals surface area contributed by atoms with Gasteiger partial charge in [-0.2, -0.15) is 0 Å². The van der Waals surface area contributed by atoms with Gasteiger partial charge in [0.25, 0.3) is 0 Å². The zero-order valence-electron chi connectivity index (χ0n) is 19.1. The summed E-state index contributed by atoms with van der Waals surface area (Å²) in [6, 6.07) is 7.80. The first-order valence-corrected chi connectivity index (χ1v) is 12.7. The summed E-state index contributed by atoms with van der Waals surface area (Å²) in [6.07, 6.45) is 10.3. The number of hydrogen-bond donors (Lipinski definition) is 1. The van der Waals surface area contributed by atoms with E-state index in [1.807, 2.05) is 24.1 Å². The summed E-state index contributed by atoms with van der Waals surface area (Å²) in [5.74, 6) is 2.55. The fraction of sp³-hybridized carbons (Fsp3) is 0.615. The number of nitrogens with zero attached hydrogens (tertiary/aromatic N) is 1. The molecule has 4 aliphatic rings. The Bertz CT molecular complexity index is 947. The highest BCUT2D eigenvalue weighted by Gasteiger charge is 2.60. The zero-order chi connectivity index (χ0) is 22.7. The van der Waals surface area contributed by atoms with E-state index < -0.39 is 0 Å². The van der Waals surface area contributed by atoms with Gasteiger partial charge in [0.05, 0.1) is 0 Å². The summed E-state index contributed by atoms with van der Waals surface area (Å²) in [4.78, 5) is 26.9. The second kappa shape index (κ2) is 7.89. The van der Waals surface area contributed by atoms with E-state index in [1.54, 1.807) is 18.2 Å². The normalized spacial score (nSPS) is 40.3. The van der Waals surface area contributed by atoms with Crippen LogP contribution in [-0.2, 0) is 4.79 Å². The molecule has 3 saturated carbocycles. The summed E-state index contributed by atoms with van der Waals surface area (Å²) >= 11 is 3.41. The lowest BCUT2D eigenvalue weighted by Gasteiger charge is -2.60. The maximum atomic E-state index is 12.7. The van der Waals surface area contributed by atoms with Crippen molar-refractivity contribution in [2.24, 2.45) is 28.6 Å². The molecule has 3 aliphatic carbocycles. The van der Waals surface area contributed by atoms with E-state index >= 15 is 0 Å². The first kappa shape index (κ1) is 22.0. The van der Waals surface area contributed by atoms with Gasteiger partial charge in [-0.05, 0) is 92.0 Å². The molecule has 3 fully saturated rings. The van der Waals surface area contributed by atoms with Gasteiger partial charge >= 0.3 is 6.09 Å². The number of halogens is 1. The average Bonchev–Trinajstić information content (AvgIpc) is 3.09. The maximum absolute atomic E-state index is 12.7. The summed E-state index contributed by atoms with van der Waals surface area (Å²) < 4.78 is 6.51. The third-order valence-electron chi connectivity index (χ3n) is 9.44. The first-order chi connectivity index (χ1) is 15.2. The third-order valence-corrected chi connectivity index (χ3v) is 9.97. The molecule has 0 saturated heterocycles. The molecule has 1 aromatic carbocycles. The third kappa shape index (κ3) is 3.41. The van der Waals surface area contributed by atoms with Crippen molar-refractivity contribution in [3.05, 3.63) is 40.9 Å². The molecule has 1 heterocycles. The predicted octanol–water partition coefficient (Wildman–Crippen LogP) is 5.55. The maximum Gasteiger partial charge on any atom is 0.412 e. The van der Waals surface area contributed by atoms with Gasteiger partial charge in [-0.1, -0.05) is 35.9 Å². The second-order valence-corrected chi connectivity index (χ2v) is 11.7. The van der Waals surface area contributed by atoms with E-state index in [-0.39, 0.29) is 28.9 Å². The minimum absolute atomic E-state index is 0.0545. The van der Waals surface area contributed by atoms with Gasteiger partial charge in [0.15, 0.2) is 0 Å². The Morgan fingerprint density at radius 2 is 1.84 bits per heavy atom. The van der Waals surface area contributed by atoms with Crippen LogP contribution in [0.4, 0.5) is 4.79 Å². The summed E-state index contributed by atoms with van der Waals surface area (Å²) in [5, 5.41) is 3.22. The van der Waals surface area contributed by atoms with Gasteiger partial charge in [0.1, 0.15) is 5.75 Å². The standard InChI is InChI=1S/C26H33BrN2O3/c1-25-14-12-20-18(8-11-22-26(20,2)15-13-23(30)29(22)3)19(25)9-10-21(25)28-24(31)32-17-6-4-16(27)5-7-17/h4-7,13,15,18-22H,8-12,14H2,1-3H3,(H,28,31)/t18-,19-,20-,21-,22+,25-,26+/m0/s1. The monoisotopic (exact) mass is 500 g/mol. The molecular formula is C26H33BrN2O3. The van der Waals surface area contributed by atoms with E-state index in [0.29, 0.717) is 29.5 Å². The Hall–Kier alpha value is -1.82. The fourth-order valence-corrected chi connectivity index (χ4v) is 8.02. The second-order valence-electron chi connectivity index (χ2n) is 10.8. The lowest BCUT2D eigenvalue weighted by atomic mass is 9.48. The fourth-order valence-electron chi connectivity index (χ4n) is 7.76. The quantitative estimate of drug-likeness (QED) is 0.579. The molecule has 0 spiro atoms. The number of amides is 2. The van der Waals surface area contributed by atoms with Crippen LogP contribution in [0, 0.1) is 28.6 Å². The van der Waals surface area contributed by atoms with Crippen LogP contribution in [0.2, 0.25) is 0 Å². The van der Waals surface area contributed by atoms with E-state index in [9.17, 15) is 9.59 Å². The van der Waals surface area contributed by atoms with Gasteiger partial charge in [0.2, 0.25) is 5.91 Å². The lowest BCUT2D eigenvalue weighted by molar-refractivity contribution is -0.138. The van der Waals surface area contributed by atoms with Crippen LogP contribution < -0.4 is 10.1 Å². The van der Waals surface area contributed by atoms with Crippen molar-refractivity contribution in [3.63, 3.8) is 0 Å². The number of nitrogens with one attached hydrogen (secondary N) is 1. The molecule has 32 heavy (non-hydrogen) atoms. The lowest BCUT2D eigenvalue weighted by Crippen LogP contribution is -2.60. The molecule has 7 atom stereocenters. The molecule has 5 rings (SSSR count). The number of carbonyl (C=O) groups is 2. The van der Waals surface area contributed by atoms with E-state index in [4.69, 9.17) is 4.74 Å². The molecule has 0 radical (unpaired) electrons. The predicted molar refractivity (Wildman–Crippen MR) is 127 cm³/mol. The van der Waals surface area contributed by atoms with Crippen molar-refractivity contribution < 1.29 is 14.3 Å². The molecule has 172 valence electrons. The highest BCUT2D eigenvalue weighted by Crippen LogP contribution is 2.63. The Labute approximate surface area is 199 Å². The van der Waals surface area contributed by atoms with Crippen molar-refractivity contribution in [2.45, 2.75) is 64.5 Å². The molecular weight excluding hydrogens is 468 g/mol. The number of hydrogen-bond acceptors (Lipinski definition) is 3. The van der Waals surface area contributed by atoms with Crippen molar-refractivity contribution >= 4 is 27.9 Å². The largest absolute Gasteiger partial charge is 0.412 e. The number of fused-ring (bicyclic) bond motifs is 5. The zero-order valence-corrected chi connectivity index (χ0v) is 20.7. The molecule has 1 aliphatic heterocycles. The molecule has 0 aromatic heterocycles. The van der Waals surface area contributed by atoms with Crippen LogP contribution in [0.3, 0.4) is 0 Å². The van der Waals surface area contributed by atoms with E-state index in [1.165, 1.54) is 6.42 Å². The van der Waals surface area contributed by atoms with Crippen molar-refractivity contribution in [1.29, 1.82) is 0 Å². The average molecular weight is 501 g/mol. The van der Waals surface area contributed by atoms with Crippen molar-refractivity contribution in [1.82, 2.24) is 10.2 Å². The molecule has 6 heteroatoms. The number of carbonyl (C=O) groups excluding carboxylic acids is 2. The summed E-state index contributed by atoms with van der Waals surface area (Å²) in [6.45, 7) is 4.75. The van der Waals surface area contributed by atoms with Crippen LogP contribution in [0.1, 0.15) is 52.4 Å². The highest BCUT2D eigenvalue weighted by atomic mass is 79.9. The van der Waals surface area contributed by atoms with Crippen LogP contribution in [0.15, 0.2) is 40.9 Å². The van der Waals surface area contributed by atoms with Gasteiger partial charge in [0, 0.05) is 29.0 Å². The molecule has 1 N–H and O–H groups in total.